The SMILES string of the molecule is CN=C(N)NCCCCC/C=C(\C)CC(C)C1OC(=O)C(C)C(O)/C(C)=C/CC(O)C(C)C(O)CC(O)C(C)C(O)CCC(C)C(O)CC2(O)OC(CC(OC(=O)CC(=O)O)CC(O)CC(O)CC(O)C(C)C(O)/C=C/C=C/C1C)CC(O)C2O. The van der Waals surface area contributed by atoms with Crippen molar-refractivity contribution >= 4 is 23.9 Å². The number of allylic oxidation sites excluding steroid dienone is 4. The van der Waals surface area contributed by atoms with Crippen LogP contribution < -0.4 is 11.1 Å². The molecule has 2 bridgehead atoms. The topological polar surface area (TPSA) is 413 Å². The van der Waals surface area contributed by atoms with Crippen LogP contribution in [0.2, 0.25) is 0 Å². The third-order valence-corrected chi connectivity index (χ3v) is 17.3. The van der Waals surface area contributed by atoms with Crippen molar-refractivity contribution in [2.45, 2.75) is 262 Å². The van der Waals surface area contributed by atoms with Gasteiger partial charge in [-0.2, -0.15) is 0 Å². The number of rotatable bonds is 12. The van der Waals surface area contributed by atoms with Gasteiger partial charge in [-0.1, -0.05) is 90.0 Å². The predicted octanol–water partition coefficient (Wildman–Crippen LogP) is 2.56. The van der Waals surface area contributed by atoms with E-state index in [4.69, 9.17) is 19.9 Å². The lowest BCUT2D eigenvalue weighted by atomic mass is 9.83. The standard InChI is InChI=1S/C62H109N3O20/c1-34(17-13-11-12-16-24-65-61(63)64-10)25-38(5)58-37(4)18-14-15-19-47(68)39(6)50(71)28-44(67)26-43(66)27-45(83-56(78)32-55(76)77)29-46-30-53(74)59(80)62(82,85-46)33-54(75)35(2)20-22-48(69)40(7)51(72)31-52(73)41(8)49(70)23-21-36(3)57(79)42(9)60(81)84-58/h14-15,17-19,21,35,37-54,57-59,66-75,79-80,82H,11-13,16,20,22-33H2,1-10H3,(H,76,77)(H3,63,64,65)/b18-14+,19-15+,34-17+,36-21+. The Labute approximate surface area is 503 Å². The number of guanidine groups is 1. The van der Waals surface area contributed by atoms with Gasteiger partial charge in [0.2, 0.25) is 0 Å². The van der Waals surface area contributed by atoms with Crippen LogP contribution in [-0.4, -0.2) is 206 Å². The van der Waals surface area contributed by atoms with E-state index in [-0.39, 0.29) is 63.2 Å². The first-order valence-corrected chi connectivity index (χ1v) is 30.5. The number of carbonyl (C=O) groups excluding carboxylic acids is 2. The molecule has 2 aliphatic rings. The molecule has 2 heterocycles. The Balaban J connectivity index is 2.49. The second-order valence-electron chi connectivity index (χ2n) is 24.8. The van der Waals surface area contributed by atoms with E-state index in [1.54, 1.807) is 72.9 Å². The van der Waals surface area contributed by atoms with E-state index < -0.39 is 164 Å². The van der Waals surface area contributed by atoms with E-state index in [0.717, 1.165) is 31.3 Å². The van der Waals surface area contributed by atoms with Crippen molar-refractivity contribution < 1.29 is 100 Å². The molecule has 17 N–H and O–H groups in total. The molecule has 0 amide bonds. The fourth-order valence-corrected chi connectivity index (χ4v) is 11.0. The van der Waals surface area contributed by atoms with Crippen LogP contribution in [0, 0.1) is 41.4 Å². The highest BCUT2D eigenvalue weighted by Gasteiger charge is 2.50. The van der Waals surface area contributed by atoms with E-state index in [1.807, 2.05) is 20.8 Å². The number of nitrogens with one attached hydrogen (secondary N) is 1. The molecule has 23 atom stereocenters. The van der Waals surface area contributed by atoms with Gasteiger partial charge in [-0.15, -0.1) is 0 Å². The number of esters is 2. The minimum absolute atomic E-state index is 0.0168. The van der Waals surface area contributed by atoms with Crippen molar-refractivity contribution in [2.24, 2.45) is 52.2 Å². The number of fused-ring (bicyclic) bond motifs is 2. The van der Waals surface area contributed by atoms with Gasteiger partial charge in [-0.05, 0) is 102 Å². The Morgan fingerprint density at radius 2 is 1.39 bits per heavy atom. The number of cyclic esters (lactones) is 1. The number of unbranched alkanes of at least 4 members (excludes halogenated alkanes) is 3. The summed E-state index contributed by atoms with van der Waals surface area (Å²) in [4.78, 5) is 41.9. The summed E-state index contributed by atoms with van der Waals surface area (Å²) in [6, 6.07) is 0. The van der Waals surface area contributed by atoms with Gasteiger partial charge in [-0.3, -0.25) is 19.4 Å². The molecular formula is C62H109N3O20. The van der Waals surface area contributed by atoms with Gasteiger partial charge in [0.05, 0.1) is 79.2 Å². The van der Waals surface area contributed by atoms with E-state index >= 15 is 0 Å². The number of nitrogens with two attached hydrogens (primary N) is 1. The second-order valence-corrected chi connectivity index (χ2v) is 24.8. The minimum Gasteiger partial charge on any atom is -0.481 e. The molecule has 1 saturated heterocycles. The first kappa shape index (κ1) is 77.2. The zero-order valence-electron chi connectivity index (χ0n) is 51.9. The number of aliphatic carboxylic acids is 1. The number of hydrogen-bond acceptors (Lipinski definition) is 20. The summed E-state index contributed by atoms with van der Waals surface area (Å²) < 4.78 is 17.5. The van der Waals surface area contributed by atoms with Crippen LogP contribution in [0.25, 0.3) is 0 Å². The van der Waals surface area contributed by atoms with Crippen LogP contribution in [0.1, 0.15) is 165 Å². The molecule has 0 aliphatic carbocycles. The molecule has 0 aromatic rings. The van der Waals surface area contributed by atoms with Crippen LogP contribution in [-0.2, 0) is 28.6 Å². The average molecular weight is 1220 g/mol. The summed E-state index contributed by atoms with van der Waals surface area (Å²) in [6.07, 6.45) is -8.56. The maximum Gasteiger partial charge on any atom is 0.317 e. The maximum atomic E-state index is 13.9. The smallest absolute Gasteiger partial charge is 0.317 e. The number of carbonyl (C=O) groups is 3. The van der Waals surface area contributed by atoms with Crippen molar-refractivity contribution in [1.82, 2.24) is 5.32 Å². The molecule has 2 aliphatic heterocycles. The Bertz CT molecular complexity index is 2130. The highest BCUT2D eigenvalue weighted by atomic mass is 16.7. The zero-order valence-corrected chi connectivity index (χ0v) is 51.9. The lowest BCUT2D eigenvalue weighted by Gasteiger charge is -2.45. The quantitative estimate of drug-likeness (QED) is 0.0333. The fourth-order valence-electron chi connectivity index (χ4n) is 11.0. The van der Waals surface area contributed by atoms with Gasteiger partial charge in [-0.25, -0.2) is 0 Å². The van der Waals surface area contributed by atoms with Crippen molar-refractivity contribution in [3.8, 4) is 0 Å². The molecule has 492 valence electrons. The summed E-state index contributed by atoms with van der Waals surface area (Å²) in [5.41, 5.74) is 7.20. The highest BCUT2D eigenvalue weighted by molar-refractivity contribution is 5.90. The molecule has 23 unspecified atom stereocenters. The Kier molecular flexibility index (Phi) is 34.9. The number of carboxylic acid groups (broad SMARTS) is 1. The molecule has 0 aromatic heterocycles. The number of carboxylic acids is 1. The lowest BCUT2D eigenvalue weighted by Crippen LogP contribution is -2.60. The number of ether oxygens (including phenoxy) is 3. The van der Waals surface area contributed by atoms with Crippen LogP contribution >= 0.6 is 0 Å². The van der Waals surface area contributed by atoms with Crippen molar-refractivity contribution in [2.75, 3.05) is 13.6 Å². The molecule has 0 saturated carbocycles. The van der Waals surface area contributed by atoms with Gasteiger partial charge >= 0.3 is 17.9 Å². The van der Waals surface area contributed by atoms with Crippen LogP contribution in [0.15, 0.2) is 52.6 Å². The van der Waals surface area contributed by atoms with Gasteiger partial charge in [0.1, 0.15) is 24.7 Å². The van der Waals surface area contributed by atoms with E-state index in [2.05, 4.69) is 16.4 Å². The number of nitrogens with zero attached hydrogens (tertiary/aromatic N) is 1. The van der Waals surface area contributed by atoms with Gasteiger partial charge in [0.15, 0.2) is 11.7 Å². The summed E-state index contributed by atoms with van der Waals surface area (Å²) >= 11 is 0. The molecular weight excluding hydrogens is 1110 g/mol. The average Bonchev–Trinajstić information content (AvgIpc) is 1.73. The fraction of sp³-hybridized carbons (Fsp3) is 0.806. The van der Waals surface area contributed by atoms with E-state index in [1.165, 1.54) is 6.08 Å². The molecule has 23 nitrogen and oxygen atoms in total. The Morgan fingerprint density at radius 1 is 0.776 bits per heavy atom. The van der Waals surface area contributed by atoms with E-state index in [9.17, 15) is 85.9 Å². The number of aliphatic imine (C=N–C) groups is 1. The van der Waals surface area contributed by atoms with Crippen molar-refractivity contribution in [3.63, 3.8) is 0 Å². The molecule has 2 rings (SSSR count). The van der Waals surface area contributed by atoms with E-state index in [0.29, 0.717) is 24.5 Å². The first-order chi connectivity index (χ1) is 39.7. The summed E-state index contributed by atoms with van der Waals surface area (Å²) in [7, 11) is 1.62. The van der Waals surface area contributed by atoms with Crippen LogP contribution in [0.3, 0.4) is 0 Å². The molecule has 85 heavy (non-hydrogen) atoms. The third kappa shape index (κ3) is 27.6. The second kappa shape index (κ2) is 38.5. The van der Waals surface area contributed by atoms with Gasteiger partial charge in [0.25, 0.3) is 0 Å². The van der Waals surface area contributed by atoms with Gasteiger partial charge < -0.3 is 96.8 Å². The van der Waals surface area contributed by atoms with Gasteiger partial charge in [0, 0.05) is 62.9 Å². The number of aliphatic hydroxyl groups excluding tert-OH is 12. The monoisotopic (exact) mass is 1220 g/mol. The van der Waals surface area contributed by atoms with Crippen molar-refractivity contribution in [1.29, 1.82) is 0 Å². The Hall–Kier alpha value is -3.92. The molecule has 0 radical (unpaired) electrons. The maximum absolute atomic E-state index is 13.9. The summed E-state index contributed by atoms with van der Waals surface area (Å²) in [5, 5.41) is 158. The zero-order chi connectivity index (χ0) is 64.5. The van der Waals surface area contributed by atoms with Crippen LogP contribution in [0.5, 0.6) is 0 Å². The third-order valence-electron chi connectivity index (χ3n) is 17.3. The predicted molar refractivity (Wildman–Crippen MR) is 319 cm³/mol. The van der Waals surface area contributed by atoms with Crippen molar-refractivity contribution in [3.05, 3.63) is 47.6 Å². The molecule has 0 spiro atoms. The summed E-state index contributed by atoms with van der Waals surface area (Å²) in [5.74, 6) is -10.3. The highest BCUT2D eigenvalue weighted by Crippen LogP contribution is 2.37. The first-order valence-electron chi connectivity index (χ1n) is 30.5. The minimum atomic E-state index is -2.57. The molecule has 0 aromatic carbocycles. The lowest BCUT2D eigenvalue weighted by molar-refractivity contribution is -0.333. The number of hydrogen-bond donors (Lipinski definition) is 16. The number of aliphatic hydroxyl groups is 13. The Morgan fingerprint density at radius 3 is 2.02 bits per heavy atom. The largest absolute Gasteiger partial charge is 0.481 e. The summed E-state index contributed by atoms with van der Waals surface area (Å²) in [6.45, 7) is 16.1. The molecule has 1 fully saturated rings. The molecule has 23 heteroatoms. The van der Waals surface area contributed by atoms with Crippen LogP contribution in [0.4, 0.5) is 0 Å². The normalized spacial score (nSPS) is 39.8.